The molecule has 0 spiro atoms. The molecule has 0 aromatic heterocycles. The van der Waals surface area contributed by atoms with Crippen molar-refractivity contribution in [2.45, 2.75) is 39.2 Å². The zero-order valence-corrected chi connectivity index (χ0v) is 12.4. The number of nitrogens with two attached hydrogens (primary N) is 1. The van der Waals surface area contributed by atoms with Crippen molar-refractivity contribution < 1.29 is 4.79 Å². The van der Waals surface area contributed by atoms with E-state index >= 15 is 0 Å². The fraction of sp³-hybridized carbons (Fsp3) is 0.562. The molecule has 0 bridgehead atoms. The van der Waals surface area contributed by atoms with E-state index in [9.17, 15) is 4.79 Å². The molecule has 4 heteroatoms. The van der Waals surface area contributed by atoms with Crippen LogP contribution in [-0.4, -0.2) is 24.0 Å². The van der Waals surface area contributed by atoms with Crippen molar-refractivity contribution >= 4 is 11.7 Å². The van der Waals surface area contributed by atoms with E-state index in [1.54, 1.807) is 0 Å². The van der Waals surface area contributed by atoms with Crippen molar-refractivity contribution in [1.82, 2.24) is 4.90 Å². The lowest BCUT2D eigenvalue weighted by Crippen LogP contribution is -2.33. The van der Waals surface area contributed by atoms with E-state index < -0.39 is 0 Å². The molecule has 4 nitrogen and oxygen atoms in total. The Bertz CT molecular complexity index is 442. The van der Waals surface area contributed by atoms with Gasteiger partial charge in [0.05, 0.1) is 0 Å². The fourth-order valence-electron chi connectivity index (χ4n) is 2.73. The van der Waals surface area contributed by atoms with Crippen LogP contribution in [0.25, 0.3) is 0 Å². The normalized spacial score (nSPS) is 19.9. The Balaban J connectivity index is 1.88. The Labute approximate surface area is 121 Å². The first-order valence-electron chi connectivity index (χ1n) is 7.51. The smallest absolute Gasteiger partial charge is 0.321 e. The molecule has 110 valence electrons. The third-order valence-corrected chi connectivity index (χ3v) is 3.96. The van der Waals surface area contributed by atoms with Gasteiger partial charge in [-0.3, -0.25) is 0 Å². The van der Waals surface area contributed by atoms with Gasteiger partial charge in [0.15, 0.2) is 0 Å². The van der Waals surface area contributed by atoms with Gasteiger partial charge in [0.25, 0.3) is 0 Å². The van der Waals surface area contributed by atoms with Gasteiger partial charge in [0.2, 0.25) is 0 Å². The molecule has 2 atom stereocenters. The van der Waals surface area contributed by atoms with Crippen LogP contribution in [0, 0.1) is 5.92 Å². The van der Waals surface area contributed by atoms with E-state index in [-0.39, 0.29) is 12.1 Å². The van der Waals surface area contributed by atoms with Crippen LogP contribution in [0.5, 0.6) is 0 Å². The zero-order chi connectivity index (χ0) is 14.5. The van der Waals surface area contributed by atoms with Gasteiger partial charge in [0.1, 0.15) is 0 Å². The number of urea groups is 1. The Morgan fingerprint density at radius 2 is 2.15 bits per heavy atom. The highest BCUT2D eigenvalue weighted by molar-refractivity contribution is 5.89. The highest BCUT2D eigenvalue weighted by Gasteiger charge is 2.25. The van der Waals surface area contributed by atoms with Crippen LogP contribution in [0.1, 0.15) is 44.7 Å². The monoisotopic (exact) mass is 275 g/mol. The number of likely N-dealkylation sites (tertiary alicyclic amines) is 1. The molecule has 1 heterocycles. The molecule has 1 aromatic rings. The second kappa shape index (κ2) is 6.75. The second-order valence-corrected chi connectivity index (χ2v) is 5.73. The number of hydrogen-bond donors (Lipinski definition) is 2. The van der Waals surface area contributed by atoms with Crippen LogP contribution < -0.4 is 11.1 Å². The number of nitrogens with one attached hydrogen (secondary N) is 1. The van der Waals surface area contributed by atoms with E-state index in [4.69, 9.17) is 5.73 Å². The molecule has 1 aliphatic rings. The lowest BCUT2D eigenvalue weighted by atomic mass is 10.0. The summed E-state index contributed by atoms with van der Waals surface area (Å²) in [5.41, 5.74) is 7.72. The Morgan fingerprint density at radius 1 is 1.45 bits per heavy atom. The molecule has 0 aliphatic carbocycles. The average Bonchev–Trinajstić information content (AvgIpc) is 2.88. The van der Waals surface area contributed by atoms with Crippen LogP contribution in [0.4, 0.5) is 10.5 Å². The maximum Gasteiger partial charge on any atom is 0.321 e. The highest BCUT2D eigenvalue weighted by Crippen LogP contribution is 2.22. The SMILES string of the molecule is CCCC1CCN(C(=O)Nc2ccc(C(C)N)cc2)C1. The van der Waals surface area contributed by atoms with Gasteiger partial charge in [-0.1, -0.05) is 25.5 Å². The van der Waals surface area contributed by atoms with Gasteiger partial charge in [-0.15, -0.1) is 0 Å². The molecule has 2 unspecified atom stereocenters. The van der Waals surface area contributed by atoms with Crippen molar-refractivity contribution in [3.63, 3.8) is 0 Å². The van der Waals surface area contributed by atoms with E-state index in [0.717, 1.165) is 30.8 Å². The molecule has 1 aromatic carbocycles. The van der Waals surface area contributed by atoms with Crippen molar-refractivity contribution in [2.75, 3.05) is 18.4 Å². The summed E-state index contributed by atoms with van der Waals surface area (Å²) in [6.45, 7) is 5.90. The van der Waals surface area contributed by atoms with Crippen molar-refractivity contribution in [2.24, 2.45) is 11.7 Å². The molecule has 1 aliphatic heterocycles. The largest absolute Gasteiger partial charge is 0.324 e. The minimum absolute atomic E-state index is 0.0113. The summed E-state index contributed by atoms with van der Waals surface area (Å²) in [7, 11) is 0. The number of rotatable bonds is 4. The Kier molecular flexibility index (Phi) is 5.01. The van der Waals surface area contributed by atoms with E-state index in [1.807, 2.05) is 36.1 Å². The first-order valence-corrected chi connectivity index (χ1v) is 7.51. The van der Waals surface area contributed by atoms with E-state index in [2.05, 4.69) is 12.2 Å². The van der Waals surface area contributed by atoms with Crippen molar-refractivity contribution in [1.29, 1.82) is 0 Å². The number of hydrogen-bond acceptors (Lipinski definition) is 2. The third kappa shape index (κ3) is 3.73. The van der Waals surface area contributed by atoms with Gasteiger partial charge >= 0.3 is 6.03 Å². The summed E-state index contributed by atoms with van der Waals surface area (Å²) < 4.78 is 0. The molecular weight excluding hydrogens is 250 g/mol. The number of nitrogens with zero attached hydrogens (tertiary/aromatic N) is 1. The minimum Gasteiger partial charge on any atom is -0.324 e. The number of amides is 2. The lowest BCUT2D eigenvalue weighted by molar-refractivity contribution is 0.220. The van der Waals surface area contributed by atoms with Crippen molar-refractivity contribution in [3.8, 4) is 0 Å². The molecule has 2 rings (SSSR count). The molecule has 1 saturated heterocycles. The first kappa shape index (κ1) is 14.9. The topological polar surface area (TPSA) is 58.4 Å². The van der Waals surface area contributed by atoms with Gasteiger partial charge in [-0.05, 0) is 43.4 Å². The number of carbonyl (C=O) groups is 1. The zero-order valence-electron chi connectivity index (χ0n) is 12.4. The van der Waals surface area contributed by atoms with Crippen LogP contribution in [0.3, 0.4) is 0 Å². The molecule has 3 N–H and O–H groups in total. The van der Waals surface area contributed by atoms with Gasteiger partial charge in [-0.25, -0.2) is 4.79 Å². The summed E-state index contributed by atoms with van der Waals surface area (Å²) >= 11 is 0. The molecule has 2 amide bonds. The summed E-state index contributed by atoms with van der Waals surface area (Å²) in [6, 6.07) is 7.78. The van der Waals surface area contributed by atoms with Crippen molar-refractivity contribution in [3.05, 3.63) is 29.8 Å². The Hall–Kier alpha value is -1.55. The predicted octanol–water partition coefficient (Wildman–Crippen LogP) is 3.36. The van der Waals surface area contributed by atoms with Crippen LogP contribution >= 0.6 is 0 Å². The van der Waals surface area contributed by atoms with Gasteiger partial charge in [0, 0.05) is 24.8 Å². The summed E-state index contributed by atoms with van der Waals surface area (Å²) in [5.74, 6) is 0.672. The van der Waals surface area contributed by atoms with Crippen LogP contribution in [0.2, 0.25) is 0 Å². The number of benzene rings is 1. The minimum atomic E-state index is 0.0113. The Morgan fingerprint density at radius 3 is 2.75 bits per heavy atom. The quantitative estimate of drug-likeness (QED) is 0.885. The molecule has 1 fully saturated rings. The average molecular weight is 275 g/mol. The molecule has 0 saturated carbocycles. The first-order chi connectivity index (χ1) is 9.60. The summed E-state index contributed by atoms with van der Waals surface area (Å²) in [6.07, 6.45) is 3.54. The number of anilines is 1. The van der Waals surface area contributed by atoms with Gasteiger partial charge in [-0.2, -0.15) is 0 Å². The third-order valence-electron chi connectivity index (χ3n) is 3.96. The molecule has 0 radical (unpaired) electrons. The predicted molar refractivity (Wildman–Crippen MR) is 82.7 cm³/mol. The van der Waals surface area contributed by atoms with E-state index in [0.29, 0.717) is 5.92 Å². The maximum atomic E-state index is 12.2. The fourth-order valence-corrected chi connectivity index (χ4v) is 2.73. The lowest BCUT2D eigenvalue weighted by Gasteiger charge is -2.17. The summed E-state index contributed by atoms with van der Waals surface area (Å²) in [5, 5.41) is 2.96. The molecular formula is C16H25N3O. The van der Waals surface area contributed by atoms with E-state index in [1.165, 1.54) is 12.8 Å². The van der Waals surface area contributed by atoms with Gasteiger partial charge < -0.3 is 16.0 Å². The highest BCUT2D eigenvalue weighted by atomic mass is 16.2. The standard InChI is InChI=1S/C16H25N3O/c1-3-4-13-9-10-19(11-13)16(20)18-15-7-5-14(6-8-15)12(2)17/h5-8,12-13H,3-4,9-11,17H2,1-2H3,(H,18,20). The number of carbonyl (C=O) groups excluding carboxylic acids is 1. The van der Waals surface area contributed by atoms with Crippen LogP contribution in [-0.2, 0) is 0 Å². The second-order valence-electron chi connectivity index (χ2n) is 5.73. The molecule has 20 heavy (non-hydrogen) atoms. The maximum absolute atomic E-state index is 12.2. The van der Waals surface area contributed by atoms with Crippen LogP contribution in [0.15, 0.2) is 24.3 Å². The summed E-state index contributed by atoms with van der Waals surface area (Å²) in [4.78, 5) is 14.1.